The van der Waals surface area contributed by atoms with Crippen molar-refractivity contribution in [3.05, 3.63) is 87.6 Å². The van der Waals surface area contributed by atoms with E-state index in [1.807, 2.05) is 57.6 Å². The van der Waals surface area contributed by atoms with Gasteiger partial charge in [0.1, 0.15) is 12.6 Å². The van der Waals surface area contributed by atoms with Gasteiger partial charge in [0.25, 0.3) is 5.56 Å². The van der Waals surface area contributed by atoms with E-state index in [2.05, 4.69) is 23.1 Å². The molecule has 0 saturated heterocycles. The maximum absolute atomic E-state index is 14.0. The van der Waals surface area contributed by atoms with E-state index >= 15 is 0 Å². The molecule has 1 saturated carbocycles. The van der Waals surface area contributed by atoms with E-state index in [1.165, 1.54) is 6.33 Å². The van der Waals surface area contributed by atoms with Gasteiger partial charge in [-0.3, -0.25) is 9.36 Å². The molecule has 0 radical (unpaired) electrons. The van der Waals surface area contributed by atoms with Crippen LogP contribution in [0.15, 0.2) is 59.7 Å². The van der Waals surface area contributed by atoms with E-state index in [1.54, 1.807) is 0 Å². The molecule has 0 spiro atoms. The van der Waals surface area contributed by atoms with Crippen molar-refractivity contribution in [3.8, 4) is 17.2 Å². The minimum absolute atomic E-state index is 0.00703. The van der Waals surface area contributed by atoms with Gasteiger partial charge >= 0.3 is 0 Å². The summed E-state index contributed by atoms with van der Waals surface area (Å²) in [5, 5.41) is 14.0. The van der Waals surface area contributed by atoms with E-state index in [9.17, 15) is 14.9 Å². The lowest BCUT2D eigenvalue weighted by atomic mass is 9.86. The molecule has 182 valence electrons. The Labute approximate surface area is 210 Å². The number of aromatic nitrogens is 4. The smallest absolute Gasteiger partial charge is 0.259 e. The predicted molar refractivity (Wildman–Crippen MR) is 138 cm³/mol. The third-order valence-corrected chi connectivity index (χ3v) is 7.31. The van der Waals surface area contributed by atoms with Gasteiger partial charge in [0.2, 0.25) is 5.78 Å². The fourth-order valence-corrected chi connectivity index (χ4v) is 5.41. The largest absolute Gasteiger partial charge is 0.303 e. The number of nitrogens with zero attached hydrogens (tertiary/aromatic N) is 5. The molecule has 2 aromatic heterocycles. The number of carbonyl (C=O) groups excluding carboxylic acids is 1. The van der Waals surface area contributed by atoms with Crippen LogP contribution < -0.4 is 5.56 Å². The monoisotopic (exact) mass is 479 g/mol. The Morgan fingerprint density at radius 2 is 1.83 bits per heavy atom. The van der Waals surface area contributed by atoms with Gasteiger partial charge in [-0.2, -0.15) is 15.3 Å². The number of fused-ring (bicyclic) bond motifs is 1. The summed E-state index contributed by atoms with van der Waals surface area (Å²) < 4.78 is 3.66. The van der Waals surface area contributed by atoms with Crippen molar-refractivity contribution in [2.75, 3.05) is 0 Å². The number of hydrogen-bond acceptors (Lipinski definition) is 5. The summed E-state index contributed by atoms with van der Waals surface area (Å²) in [4.78, 5) is 29.7. The summed E-state index contributed by atoms with van der Waals surface area (Å²) in [5.74, 6) is 0.666. The normalized spacial score (nSPS) is 17.7. The summed E-state index contributed by atoms with van der Waals surface area (Å²) >= 11 is 0. The Hall–Kier alpha value is -4.05. The van der Waals surface area contributed by atoms with Gasteiger partial charge in [-0.25, -0.2) is 4.52 Å². The van der Waals surface area contributed by atoms with Crippen LogP contribution in [0.5, 0.6) is 0 Å². The first kappa shape index (κ1) is 23.7. The van der Waals surface area contributed by atoms with Gasteiger partial charge in [0.15, 0.2) is 0 Å². The molecule has 0 amide bonds. The third-order valence-electron chi connectivity index (χ3n) is 7.31. The highest BCUT2D eigenvalue weighted by molar-refractivity contribution is 5.70. The predicted octanol–water partition coefficient (Wildman–Crippen LogP) is 4.90. The van der Waals surface area contributed by atoms with Crippen LogP contribution >= 0.6 is 0 Å². The summed E-state index contributed by atoms with van der Waals surface area (Å²) in [7, 11) is 0. The molecule has 4 aromatic rings. The van der Waals surface area contributed by atoms with Crippen molar-refractivity contribution >= 4 is 12.1 Å². The van der Waals surface area contributed by atoms with Crippen LogP contribution in [0, 0.1) is 17.2 Å². The second-order valence-corrected chi connectivity index (χ2v) is 9.56. The summed E-state index contributed by atoms with van der Waals surface area (Å²) in [6.07, 6.45) is 7.82. The lowest BCUT2D eigenvalue weighted by molar-refractivity contribution is -0.112. The molecule has 0 unspecified atom stereocenters. The third kappa shape index (κ3) is 4.35. The number of benzene rings is 2. The quantitative estimate of drug-likeness (QED) is 0.351. The van der Waals surface area contributed by atoms with Crippen LogP contribution in [0.1, 0.15) is 67.5 Å². The van der Waals surface area contributed by atoms with Gasteiger partial charge < -0.3 is 4.79 Å². The number of aryl methyl sites for hydroxylation is 1. The number of carbonyl (C=O) groups is 1. The summed E-state index contributed by atoms with van der Waals surface area (Å²) in [6.45, 7) is 2.10. The number of hydrogen-bond donors (Lipinski definition) is 0. The fraction of sp³-hybridized carbons (Fsp3) is 0.345. The minimum atomic E-state index is -0.00703. The lowest BCUT2D eigenvalue weighted by Crippen LogP contribution is -2.34. The van der Waals surface area contributed by atoms with Gasteiger partial charge in [-0.05, 0) is 54.9 Å². The second kappa shape index (κ2) is 10.3. The zero-order chi connectivity index (χ0) is 25.1. The summed E-state index contributed by atoms with van der Waals surface area (Å²) in [6, 6.07) is 17.9. The van der Waals surface area contributed by atoms with Crippen LogP contribution in [0.25, 0.3) is 16.9 Å². The lowest BCUT2D eigenvalue weighted by Gasteiger charge is -2.28. The van der Waals surface area contributed by atoms with Gasteiger partial charge in [0, 0.05) is 23.9 Å². The first-order chi connectivity index (χ1) is 17.6. The van der Waals surface area contributed by atoms with Gasteiger partial charge in [-0.1, -0.05) is 55.8 Å². The average molecular weight is 480 g/mol. The van der Waals surface area contributed by atoms with E-state index in [0.29, 0.717) is 17.8 Å². The second-order valence-electron chi connectivity index (χ2n) is 9.56. The van der Waals surface area contributed by atoms with Crippen molar-refractivity contribution in [2.45, 2.75) is 57.9 Å². The molecular formula is C29H29N5O2. The maximum atomic E-state index is 14.0. The Kier molecular flexibility index (Phi) is 6.77. The molecule has 5 rings (SSSR count). The first-order valence-corrected chi connectivity index (χ1v) is 12.6. The van der Waals surface area contributed by atoms with E-state index in [4.69, 9.17) is 0 Å². The van der Waals surface area contributed by atoms with E-state index in [0.717, 1.165) is 72.8 Å². The average Bonchev–Trinajstić information content (AvgIpc) is 3.41. The Balaban J connectivity index is 1.55. The van der Waals surface area contributed by atoms with Crippen molar-refractivity contribution in [1.29, 1.82) is 5.26 Å². The SMILES string of the molecule is CCCc1c(Cc2ccc(-c3ccccc3C#N)cc2)c(=O)n(C2CCC(C=O)CC2)c2ncnn12. The molecule has 7 heteroatoms. The van der Waals surface area contributed by atoms with Gasteiger partial charge in [-0.15, -0.1) is 0 Å². The van der Waals surface area contributed by atoms with Crippen LogP contribution in [-0.2, 0) is 17.6 Å². The van der Waals surface area contributed by atoms with Gasteiger partial charge in [0.05, 0.1) is 17.3 Å². The number of nitriles is 1. The Morgan fingerprint density at radius 3 is 2.53 bits per heavy atom. The zero-order valence-electron chi connectivity index (χ0n) is 20.4. The fourth-order valence-electron chi connectivity index (χ4n) is 5.41. The molecule has 1 fully saturated rings. The molecule has 2 aromatic carbocycles. The van der Waals surface area contributed by atoms with E-state index in [-0.39, 0.29) is 17.5 Å². The highest BCUT2D eigenvalue weighted by Gasteiger charge is 2.27. The molecule has 0 aliphatic heterocycles. The first-order valence-electron chi connectivity index (χ1n) is 12.6. The van der Waals surface area contributed by atoms with Crippen molar-refractivity contribution in [1.82, 2.24) is 19.2 Å². The minimum Gasteiger partial charge on any atom is -0.303 e. The molecule has 2 heterocycles. The Morgan fingerprint density at radius 1 is 1.08 bits per heavy atom. The van der Waals surface area contributed by atoms with Crippen molar-refractivity contribution in [3.63, 3.8) is 0 Å². The number of aldehydes is 1. The van der Waals surface area contributed by atoms with Crippen LogP contribution in [-0.4, -0.2) is 25.5 Å². The van der Waals surface area contributed by atoms with Crippen LogP contribution in [0.4, 0.5) is 0 Å². The molecule has 0 N–H and O–H groups in total. The van der Waals surface area contributed by atoms with Crippen molar-refractivity contribution < 1.29 is 4.79 Å². The van der Waals surface area contributed by atoms with Crippen LogP contribution in [0.3, 0.4) is 0 Å². The molecular weight excluding hydrogens is 450 g/mol. The summed E-state index contributed by atoms with van der Waals surface area (Å²) in [5.41, 5.74) is 5.19. The van der Waals surface area contributed by atoms with Crippen LogP contribution in [0.2, 0.25) is 0 Å². The maximum Gasteiger partial charge on any atom is 0.259 e. The molecule has 7 nitrogen and oxygen atoms in total. The molecule has 1 aliphatic rings. The molecule has 0 atom stereocenters. The van der Waals surface area contributed by atoms with Crippen molar-refractivity contribution in [2.24, 2.45) is 5.92 Å². The Bertz CT molecular complexity index is 1490. The number of rotatable bonds is 7. The highest BCUT2D eigenvalue weighted by atomic mass is 16.1. The van der Waals surface area contributed by atoms with E-state index < -0.39 is 0 Å². The molecule has 1 aliphatic carbocycles. The molecule has 36 heavy (non-hydrogen) atoms. The zero-order valence-corrected chi connectivity index (χ0v) is 20.4. The molecule has 0 bridgehead atoms. The topological polar surface area (TPSA) is 93.0 Å². The standard InChI is InChI=1S/C29H29N5O2/c1-2-5-27-26(16-20-8-12-22(13-9-20)25-7-4-3-6-23(25)17-30)28(36)33(29-31-19-32-34(27)29)24-14-10-21(18-35)11-15-24/h3-4,6-9,12-13,18-19,21,24H,2,5,10-11,14-16H2,1H3. The highest BCUT2D eigenvalue weighted by Crippen LogP contribution is 2.32.